The fraction of sp³-hybridized carbons (Fsp3) is 0.474. The van der Waals surface area contributed by atoms with Gasteiger partial charge in [-0.2, -0.15) is 0 Å². The SMILES string of the molecule is CC(=O)N1CCc2cc(C(=O)N3CCC4(CCC(=O)NC4=O)C3)ccc21. The molecule has 4 rings (SSSR count). The first-order chi connectivity index (χ1) is 12.4. The normalized spacial score (nSPS) is 24.8. The summed E-state index contributed by atoms with van der Waals surface area (Å²) in [5.41, 5.74) is 1.82. The first-order valence-corrected chi connectivity index (χ1v) is 8.94. The molecule has 4 amide bonds. The Morgan fingerprint density at radius 1 is 1.12 bits per heavy atom. The third kappa shape index (κ3) is 2.58. The van der Waals surface area contributed by atoms with Gasteiger partial charge in [-0.1, -0.05) is 0 Å². The number of imide groups is 1. The summed E-state index contributed by atoms with van der Waals surface area (Å²) in [4.78, 5) is 51.7. The van der Waals surface area contributed by atoms with Gasteiger partial charge < -0.3 is 9.80 Å². The second kappa shape index (κ2) is 5.93. The summed E-state index contributed by atoms with van der Waals surface area (Å²) in [7, 11) is 0. The number of carbonyl (C=O) groups excluding carboxylic acids is 4. The van der Waals surface area contributed by atoms with Gasteiger partial charge >= 0.3 is 0 Å². The molecule has 3 aliphatic heterocycles. The van der Waals surface area contributed by atoms with Crippen LogP contribution in [-0.2, 0) is 20.8 Å². The lowest BCUT2D eigenvalue weighted by Gasteiger charge is -2.31. The summed E-state index contributed by atoms with van der Waals surface area (Å²) >= 11 is 0. The molecule has 1 aromatic carbocycles. The number of benzene rings is 1. The summed E-state index contributed by atoms with van der Waals surface area (Å²) in [5, 5.41) is 2.41. The Labute approximate surface area is 151 Å². The standard InChI is InChI=1S/C19H21N3O4/c1-12(23)22-8-5-13-10-14(2-3-15(13)22)17(25)21-9-7-19(11-21)6-4-16(24)20-18(19)26/h2-3,10H,4-9,11H2,1H3,(H,20,24,26). The van der Waals surface area contributed by atoms with Crippen LogP contribution in [0.1, 0.15) is 42.1 Å². The van der Waals surface area contributed by atoms with E-state index in [0.29, 0.717) is 44.5 Å². The quantitative estimate of drug-likeness (QED) is 0.757. The number of rotatable bonds is 1. The van der Waals surface area contributed by atoms with E-state index in [4.69, 9.17) is 0 Å². The first-order valence-electron chi connectivity index (χ1n) is 8.94. The van der Waals surface area contributed by atoms with Gasteiger partial charge in [-0.25, -0.2) is 0 Å². The van der Waals surface area contributed by atoms with E-state index in [1.165, 1.54) is 6.92 Å². The molecule has 2 saturated heterocycles. The van der Waals surface area contributed by atoms with Crippen molar-refractivity contribution in [3.8, 4) is 0 Å². The fourth-order valence-electron chi connectivity index (χ4n) is 4.27. The zero-order valence-corrected chi connectivity index (χ0v) is 14.7. The minimum Gasteiger partial charge on any atom is -0.338 e. The van der Waals surface area contributed by atoms with Crippen LogP contribution in [0.2, 0.25) is 0 Å². The molecule has 136 valence electrons. The van der Waals surface area contributed by atoms with E-state index in [0.717, 1.165) is 17.7 Å². The molecule has 1 spiro atoms. The molecule has 0 aliphatic carbocycles. The Balaban J connectivity index is 1.52. The van der Waals surface area contributed by atoms with Crippen LogP contribution >= 0.6 is 0 Å². The van der Waals surface area contributed by atoms with E-state index < -0.39 is 5.41 Å². The molecular formula is C19H21N3O4. The predicted molar refractivity (Wildman–Crippen MR) is 93.5 cm³/mol. The average molecular weight is 355 g/mol. The number of hydrogen-bond donors (Lipinski definition) is 1. The van der Waals surface area contributed by atoms with Crippen LogP contribution < -0.4 is 10.2 Å². The van der Waals surface area contributed by atoms with Crippen molar-refractivity contribution in [2.75, 3.05) is 24.5 Å². The summed E-state index contributed by atoms with van der Waals surface area (Å²) in [6.07, 6.45) is 2.15. The molecule has 3 aliphatic rings. The molecule has 0 aromatic heterocycles. The number of nitrogens with zero attached hydrogens (tertiary/aromatic N) is 2. The lowest BCUT2D eigenvalue weighted by atomic mass is 9.79. The van der Waals surface area contributed by atoms with Gasteiger partial charge in [0.05, 0.1) is 5.41 Å². The van der Waals surface area contributed by atoms with Crippen LogP contribution in [0, 0.1) is 5.41 Å². The van der Waals surface area contributed by atoms with Gasteiger partial charge in [0.15, 0.2) is 0 Å². The van der Waals surface area contributed by atoms with Gasteiger partial charge in [-0.3, -0.25) is 24.5 Å². The molecule has 0 bridgehead atoms. The van der Waals surface area contributed by atoms with Crippen molar-refractivity contribution in [2.45, 2.75) is 32.6 Å². The molecular weight excluding hydrogens is 334 g/mol. The average Bonchev–Trinajstić information content (AvgIpc) is 3.23. The maximum Gasteiger partial charge on any atom is 0.253 e. The third-order valence-electron chi connectivity index (χ3n) is 5.81. The summed E-state index contributed by atoms with van der Waals surface area (Å²) in [6, 6.07) is 5.43. The Bertz CT molecular complexity index is 834. The van der Waals surface area contributed by atoms with E-state index in [2.05, 4.69) is 5.32 Å². The van der Waals surface area contributed by atoms with Crippen LogP contribution in [0.4, 0.5) is 5.69 Å². The zero-order chi connectivity index (χ0) is 18.5. The molecule has 2 fully saturated rings. The minimum absolute atomic E-state index is 0.00201. The topological polar surface area (TPSA) is 86.8 Å². The van der Waals surface area contributed by atoms with Crippen molar-refractivity contribution >= 4 is 29.3 Å². The Morgan fingerprint density at radius 2 is 1.92 bits per heavy atom. The molecule has 7 nitrogen and oxygen atoms in total. The van der Waals surface area contributed by atoms with E-state index in [9.17, 15) is 19.2 Å². The smallest absolute Gasteiger partial charge is 0.253 e. The molecule has 26 heavy (non-hydrogen) atoms. The number of hydrogen-bond acceptors (Lipinski definition) is 4. The van der Waals surface area contributed by atoms with Crippen LogP contribution in [0.3, 0.4) is 0 Å². The molecule has 1 atom stereocenters. The molecule has 1 N–H and O–H groups in total. The van der Waals surface area contributed by atoms with Crippen molar-refractivity contribution in [1.82, 2.24) is 10.2 Å². The van der Waals surface area contributed by atoms with Gasteiger partial charge in [0, 0.05) is 44.2 Å². The van der Waals surface area contributed by atoms with Gasteiger partial charge in [0.2, 0.25) is 17.7 Å². The number of fused-ring (bicyclic) bond motifs is 1. The lowest BCUT2D eigenvalue weighted by molar-refractivity contribution is -0.141. The molecule has 7 heteroatoms. The number of nitrogens with one attached hydrogen (secondary N) is 1. The highest BCUT2D eigenvalue weighted by Crippen LogP contribution is 2.38. The summed E-state index contributed by atoms with van der Waals surface area (Å²) in [5.74, 6) is -0.591. The van der Waals surface area contributed by atoms with E-state index in [1.807, 2.05) is 12.1 Å². The predicted octanol–water partition coefficient (Wildman–Crippen LogP) is 0.865. The Hall–Kier alpha value is -2.70. The molecule has 1 unspecified atom stereocenters. The van der Waals surface area contributed by atoms with Crippen molar-refractivity contribution in [3.05, 3.63) is 29.3 Å². The fourth-order valence-corrected chi connectivity index (χ4v) is 4.27. The van der Waals surface area contributed by atoms with Crippen LogP contribution in [0.25, 0.3) is 0 Å². The number of carbonyl (C=O) groups is 4. The van der Waals surface area contributed by atoms with Gasteiger partial charge in [-0.15, -0.1) is 0 Å². The monoisotopic (exact) mass is 355 g/mol. The van der Waals surface area contributed by atoms with Gasteiger partial charge in [0.25, 0.3) is 5.91 Å². The highest BCUT2D eigenvalue weighted by molar-refractivity contribution is 6.02. The molecule has 0 saturated carbocycles. The van der Waals surface area contributed by atoms with E-state index in [1.54, 1.807) is 15.9 Å². The third-order valence-corrected chi connectivity index (χ3v) is 5.81. The Morgan fingerprint density at radius 3 is 2.65 bits per heavy atom. The van der Waals surface area contributed by atoms with Crippen LogP contribution in [-0.4, -0.2) is 48.2 Å². The maximum atomic E-state index is 12.9. The Kier molecular flexibility index (Phi) is 3.82. The van der Waals surface area contributed by atoms with Crippen molar-refractivity contribution in [1.29, 1.82) is 0 Å². The summed E-state index contributed by atoms with van der Waals surface area (Å²) < 4.78 is 0. The number of amides is 4. The highest BCUT2D eigenvalue weighted by Gasteiger charge is 2.48. The van der Waals surface area contributed by atoms with Crippen molar-refractivity contribution in [2.24, 2.45) is 5.41 Å². The maximum absolute atomic E-state index is 12.9. The molecule has 3 heterocycles. The minimum atomic E-state index is -0.633. The van der Waals surface area contributed by atoms with Gasteiger partial charge in [-0.05, 0) is 43.0 Å². The second-order valence-corrected chi connectivity index (χ2v) is 7.40. The number of likely N-dealkylation sites (tertiary alicyclic amines) is 1. The zero-order valence-electron chi connectivity index (χ0n) is 14.7. The summed E-state index contributed by atoms with van der Waals surface area (Å²) in [6.45, 7) is 3.04. The van der Waals surface area contributed by atoms with E-state index >= 15 is 0 Å². The second-order valence-electron chi connectivity index (χ2n) is 7.40. The largest absolute Gasteiger partial charge is 0.338 e. The van der Waals surface area contributed by atoms with Crippen LogP contribution in [0.15, 0.2) is 18.2 Å². The van der Waals surface area contributed by atoms with Crippen LogP contribution in [0.5, 0.6) is 0 Å². The molecule has 1 aromatic rings. The van der Waals surface area contributed by atoms with Gasteiger partial charge in [0.1, 0.15) is 0 Å². The molecule has 0 radical (unpaired) electrons. The number of anilines is 1. The lowest BCUT2D eigenvalue weighted by Crippen LogP contribution is -2.50. The van der Waals surface area contributed by atoms with Crippen molar-refractivity contribution < 1.29 is 19.2 Å². The van der Waals surface area contributed by atoms with E-state index in [-0.39, 0.29) is 23.6 Å². The number of piperidine rings is 1. The first kappa shape index (κ1) is 16.8. The van der Waals surface area contributed by atoms with Crippen molar-refractivity contribution in [3.63, 3.8) is 0 Å². The highest BCUT2D eigenvalue weighted by atomic mass is 16.2.